The topological polar surface area (TPSA) is 96.4 Å². The van der Waals surface area contributed by atoms with Crippen LogP contribution in [0.3, 0.4) is 0 Å². The predicted octanol–water partition coefficient (Wildman–Crippen LogP) is 2.60. The van der Waals surface area contributed by atoms with Crippen molar-refractivity contribution in [3.8, 4) is 0 Å². The summed E-state index contributed by atoms with van der Waals surface area (Å²) in [5.41, 5.74) is -1.64. The van der Waals surface area contributed by atoms with Crippen molar-refractivity contribution in [2.45, 2.75) is 89.0 Å². The molecule has 35 heavy (non-hydrogen) atoms. The maximum atomic E-state index is 14.1. The highest BCUT2D eigenvalue weighted by atomic mass is 16.6. The van der Waals surface area contributed by atoms with E-state index < -0.39 is 41.1 Å². The number of carbonyl (C=O) groups is 3. The molecule has 8 nitrogen and oxygen atoms in total. The van der Waals surface area contributed by atoms with Crippen molar-refractivity contribution < 1.29 is 29.0 Å². The maximum Gasteiger partial charge on any atom is 0.312 e. The number of aliphatic hydroxyl groups is 1. The summed E-state index contributed by atoms with van der Waals surface area (Å²) in [5, 5.41) is 9.08. The fourth-order valence-corrected chi connectivity index (χ4v) is 6.01. The Kier molecular flexibility index (Phi) is 7.71. The van der Waals surface area contributed by atoms with Gasteiger partial charge in [-0.25, -0.2) is 0 Å². The Morgan fingerprint density at radius 3 is 2.57 bits per heavy atom. The molecule has 8 heteroatoms. The molecule has 2 amide bonds. The molecule has 0 aromatic carbocycles. The van der Waals surface area contributed by atoms with E-state index in [4.69, 9.17) is 14.6 Å². The standard InChI is InChI=1S/C27H40N2O6/c1-26(2,3)29-16-12-14-27-21(20-19(35-27)13-8-4-7-11-18-34-25(20)33)23(31)28(22(27)24(29)32)15-9-5-6-10-17-30/h8,12-14,19-22,30H,4-7,9-11,15-18H2,1-3H3/b13-8-/t19-,20+,21-,22?,27-/m0/s1. The van der Waals surface area contributed by atoms with E-state index in [1.54, 1.807) is 9.80 Å². The first-order chi connectivity index (χ1) is 16.7. The van der Waals surface area contributed by atoms with E-state index in [0.29, 0.717) is 26.1 Å². The minimum Gasteiger partial charge on any atom is -0.465 e. The van der Waals surface area contributed by atoms with Crippen LogP contribution in [0, 0.1) is 11.8 Å². The van der Waals surface area contributed by atoms with E-state index >= 15 is 0 Å². The Balaban J connectivity index is 1.73. The molecule has 0 radical (unpaired) electrons. The molecule has 0 bridgehead atoms. The third-order valence-electron chi connectivity index (χ3n) is 7.72. The molecular weight excluding hydrogens is 448 g/mol. The average Bonchev–Trinajstić information content (AvgIpc) is 3.17. The predicted molar refractivity (Wildman–Crippen MR) is 130 cm³/mol. The van der Waals surface area contributed by atoms with Gasteiger partial charge in [0.1, 0.15) is 17.6 Å². The molecule has 4 rings (SSSR count). The van der Waals surface area contributed by atoms with Crippen molar-refractivity contribution in [3.05, 3.63) is 24.3 Å². The number of hydrogen-bond acceptors (Lipinski definition) is 6. The van der Waals surface area contributed by atoms with E-state index in [1.807, 2.05) is 45.1 Å². The Morgan fingerprint density at radius 2 is 1.83 bits per heavy atom. The van der Waals surface area contributed by atoms with Gasteiger partial charge in [0.05, 0.1) is 18.6 Å². The zero-order valence-corrected chi connectivity index (χ0v) is 21.3. The quantitative estimate of drug-likeness (QED) is 0.351. The van der Waals surface area contributed by atoms with Crippen molar-refractivity contribution in [2.75, 3.05) is 26.3 Å². The number of esters is 1. The van der Waals surface area contributed by atoms with Crippen LogP contribution >= 0.6 is 0 Å². The highest BCUT2D eigenvalue weighted by Crippen LogP contribution is 2.53. The van der Waals surface area contributed by atoms with Gasteiger partial charge in [-0.05, 0) is 52.9 Å². The molecule has 0 aromatic heterocycles. The molecule has 0 aliphatic carbocycles. The molecular formula is C27H40N2O6. The lowest BCUT2D eigenvalue weighted by Gasteiger charge is -2.40. The van der Waals surface area contributed by atoms with Crippen LogP contribution in [0.1, 0.15) is 65.7 Å². The number of aliphatic hydroxyl groups excluding tert-OH is 1. The van der Waals surface area contributed by atoms with E-state index in [0.717, 1.165) is 38.5 Å². The fraction of sp³-hybridized carbons (Fsp3) is 0.741. The van der Waals surface area contributed by atoms with Crippen molar-refractivity contribution in [1.29, 1.82) is 0 Å². The van der Waals surface area contributed by atoms with Crippen molar-refractivity contribution in [2.24, 2.45) is 11.8 Å². The highest BCUT2D eigenvalue weighted by molar-refractivity contribution is 5.99. The summed E-state index contributed by atoms with van der Waals surface area (Å²) in [6.07, 6.45) is 12.8. The molecule has 194 valence electrons. The van der Waals surface area contributed by atoms with Crippen LogP contribution in [0.15, 0.2) is 24.3 Å². The number of cyclic esters (lactones) is 1. The van der Waals surface area contributed by atoms with Crippen LogP contribution in [0.2, 0.25) is 0 Å². The Morgan fingerprint density at radius 1 is 1.06 bits per heavy atom. The van der Waals surface area contributed by atoms with Gasteiger partial charge >= 0.3 is 5.97 Å². The third kappa shape index (κ3) is 4.79. The van der Waals surface area contributed by atoms with Crippen LogP contribution in [-0.2, 0) is 23.9 Å². The smallest absolute Gasteiger partial charge is 0.312 e. The van der Waals surface area contributed by atoms with Crippen LogP contribution in [0.25, 0.3) is 0 Å². The maximum absolute atomic E-state index is 14.1. The number of carbonyl (C=O) groups excluding carboxylic acids is 3. The van der Waals surface area contributed by atoms with Crippen molar-refractivity contribution in [1.82, 2.24) is 9.80 Å². The van der Waals surface area contributed by atoms with Gasteiger partial charge in [0.15, 0.2) is 0 Å². The first-order valence-electron chi connectivity index (χ1n) is 13.1. The first-order valence-corrected chi connectivity index (χ1v) is 13.1. The zero-order chi connectivity index (χ0) is 25.2. The van der Waals surface area contributed by atoms with Crippen LogP contribution in [0.5, 0.6) is 0 Å². The number of nitrogens with zero attached hydrogens (tertiary/aromatic N) is 2. The van der Waals surface area contributed by atoms with Gasteiger partial charge in [-0.2, -0.15) is 0 Å². The second-order valence-corrected chi connectivity index (χ2v) is 11.1. The molecule has 1 unspecified atom stereocenters. The highest BCUT2D eigenvalue weighted by Gasteiger charge is 2.71. The van der Waals surface area contributed by atoms with Gasteiger partial charge in [0.2, 0.25) is 11.8 Å². The largest absolute Gasteiger partial charge is 0.465 e. The van der Waals surface area contributed by atoms with Gasteiger partial charge in [-0.3, -0.25) is 14.4 Å². The number of ether oxygens (including phenoxy) is 2. The summed E-state index contributed by atoms with van der Waals surface area (Å²) < 4.78 is 12.2. The summed E-state index contributed by atoms with van der Waals surface area (Å²) in [4.78, 5) is 44.8. The van der Waals surface area contributed by atoms with Gasteiger partial charge in [0.25, 0.3) is 0 Å². The lowest BCUT2D eigenvalue weighted by Crippen LogP contribution is -2.58. The van der Waals surface area contributed by atoms with Gasteiger partial charge in [-0.15, -0.1) is 0 Å². The third-order valence-corrected chi connectivity index (χ3v) is 7.72. The molecule has 0 aromatic rings. The molecule has 5 atom stereocenters. The van der Waals surface area contributed by atoms with Crippen LogP contribution < -0.4 is 0 Å². The summed E-state index contributed by atoms with van der Waals surface area (Å²) in [7, 11) is 0. The second-order valence-electron chi connectivity index (χ2n) is 11.1. The van der Waals surface area contributed by atoms with E-state index in [-0.39, 0.29) is 18.4 Å². The minimum absolute atomic E-state index is 0.144. The summed E-state index contributed by atoms with van der Waals surface area (Å²) in [6.45, 7) is 7.27. The summed E-state index contributed by atoms with van der Waals surface area (Å²) in [5.74, 6) is -2.35. The fourth-order valence-electron chi connectivity index (χ4n) is 6.01. The molecule has 0 saturated carbocycles. The number of hydrogen-bond donors (Lipinski definition) is 1. The first kappa shape index (κ1) is 25.9. The molecule has 2 fully saturated rings. The molecule has 4 heterocycles. The summed E-state index contributed by atoms with van der Waals surface area (Å²) in [6, 6.07) is -0.824. The van der Waals surface area contributed by atoms with Crippen LogP contribution in [0.4, 0.5) is 0 Å². The monoisotopic (exact) mass is 488 g/mol. The van der Waals surface area contributed by atoms with Gasteiger partial charge in [0, 0.05) is 25.2 Å². The number of fused-ring (bicyclic) bond motifs is 2. The Labute approximate surface area is 208 Å². The van der Waals surface area contributed by atoms with E-state index in [1.165, 1.54) is 0 Å². The lowest BCUT2D eigenvalue weighted by molar-refractivity contribution is -0.155. The number of amides is 2. The molecule has 4 aliphatic rings. The van der Waals surface area contributed by atoms with Gasteiger partial charge in [-0.1, -0.05) is 37.1 Å². The Hall–Kier alpha value is -2.19. The van der Waals surface area contributed by atoms with E-state index in [2.05, 4.69) is 0 Å². The number of unbranched alkanes of at least 4 members (excludes halogenated alkanes) is 3. The molecule has 1 spiro atoms. The van der Waals surface area contributed by atoms with Crippen LogP contribution in [-0.4, -0.2) is 82.3 Å². The number of likely N-dealkylation sites (tertiary alicyclic amines) is 1. The number of rotatable bonds is 6. The second kappa shape index (κ2) is 10.4. The average molecular weight is 489 g/mol. The van der Waals surface area contributed by atoms with Crippen molar-refractivity contribution in [3.63, 3.8) is 0 Å². The SMILES string of the molecule is CC(C)(C)N1CC=C[C@]23O[C@H]4/C=C\CCCCOC(=O)[C@H]4[C@H]2C(=O)N(CCCCCCO)C3C1=O. The van der Waals surface area contributed by atoms with E-state index in [9.17, 15) is 14.4 Å². The van der Waals surface area contributed by atoms with Crippen molar-refractivity contribution >= 4 is 17.8 Å². The zero-order valence-electron chi connectivity index (χ0n) is 21.3. The lowest BCUT2D eigenvalue weighted by atomic mass is 9.77. The minimum atomic E-state index is -1.20. The number of allylic oxidation sites excluding steroid dienone is 1. The molecule has 2 saturated heterocycles. The Bertz CT molecular complexity index is 877. The summed E-state index contributed by atoms with van der Waals surface area (Å²) >= 11 is 0. The normalized spacial score (nSPS) is 34.2. The molecule has 1 N–H and O–H groups in total. The van der Waals surface area contributed by atoms with Gasteiger partial charge < -0.3 is 24.4 Å². The molecule has 4 aliphatic heterocycles.